The third kappa shape index (κ3) is 5.96. The molecule has 2 amide bonds. The molecule has 1 saturated heterocycles. The van der Waals surface area contributed by atoms with Crippen LogP contribution in [0.15, 0.2) is 48.8 Å². The number of aromatic amines is 1. The van der Waals surface area contributed by atoms with Crippen molar-refractivity contribution in [2.75, 3.05) is 13.1 Å². The fraction of sp³-hybridized carbons (Fsp3) is 0.433. The molecule has 1 atom stereocenters. The molecule has 1 aliphatic carbocycles. The number of fused-ring (bicyclic) bond motifs is 1. The van der Waals surface area contributed by atoms with E-state index in [9.17, 15) is 14.0 Å². The predicted octanol–water partition coefficient (Wildman–Crippen LogP) is 4.43. The third-order valence-corrected chi connectivity index (χ3v) is 8.18. The second-order valence-corrected chi connectivity index (χ2v) is 10.8. The van der Waals surface area contributed by atoms with Gasteiger partial charge in [0.05, 0.1) is 6.04 Å². The van der Waals surface area contributed by atoms with Crippen LogP contribution in [0.4, 0.5) is 4.39 Å². The van der Waals surface area contributed by atoms with Crippen molar-refractivity contribution in [3.63, 3.8) is 0 Å². The molecule has 2 fully saturated rings. The summed E-state index contributed by atoms with van der Waals surface area (Å²) in [4.78, 5) is 34.6. The fourth-order valence-electron chi connectivity index (χ4n) is 6.18. The molecule has 0 spiro atoms. The lowest BCUT2D eigenvalue weighted by atomic mass is 9.80. The van der Waals surface area contributed by atoms with Gasteiger partial charge in [0.15, 0.2) is 0 Å². The molecule has 8 heteroatoms. The standard InChI is InChI=1S/C30H36FN5O2/c1-19-15-20(17-23(31)16-19)4-9-27(37)36-13-10-22(11-14-36)28(29(32)38)35-24-7-5-21(6-8-24)26-18-34-30-25(26)3-2-12-33-30/h2-4,9,12,15-18,21-22,24,28,35H,5-8,10-11,13-14H2,1H3,(H2,32,38)(H,33,34)/b9-4+. The van der Waals surface area contributed by atoms with E-state index in [4.69, 9.17) is 5.73 Å². The minimum Gasteiger partial charge on any atom is -0.368 e. The number of nitrogens with two attached hydrogens (primary N) is 1. The Bertz CT molecular complexity index is 1300. The van der Waals surface area contributed by atoms with Gasteiger partial charge >= 0.3 is 0 Å². The van der Waals surface area contributed by atoms with E-state index in [-0.39, 0.29) is 29.6 Å². The Morgan fingerprint density at radius 1 is 1.16 bits per heavy atom. The third-order valence-electron chi connectivity index (χ3n) is 8.18. The average Bonchev–Trinajstić information content (AvgIpc) is 3.34. The second kappa shape index (κ2) is 11.5. The number of aryl methyl sites for hydroxylation is 1. The summed E-state index contributed by atoms with van der Waals surface area (Å²) in [6.45, 7) is 2.97. The number of benzene rings is 1. The van der Waals surface area contributed by atoms with Crippen LogP contribution in [-0.4, -0.2) is 51.9 Å². The number of amides is 2. The summed E-state index contributed by atoms with van der Waals surface area (Å²) < 4.78 is 13.6. The lowest BCUT2D eigenvalue weighted by molar-refractivity contribution is -0.128. The summed E-state index contributed by atoms with van der Waals surface area (Å²) >= 11 is 0. The van der Waals surface area contributed by atoms with Gasteiger partial charge in [0, 0.05) is 43.0 Å². The highest BCUT2D eigenvalue weighted by atomic mass is 19.1. The van der Waals surface area contributed by atoms with Crippen LogP contribution in [0, 0.1) is 18.7 Å². The summed E-state index contributed by atoms with van der Waals surface area (Å²) in [6.07, 6.45) is 12.6. The Kier molecular flexibility index (Phi) is 7.88. The van der Waals surface area contributed by atoms with Crippen LogP contribution in [-0.2, 0) is 9.59 Å². The Morgan fingerprint density at radius 2 is 1.92 bits per heavy atom. The number of hydrogen-bond acceptors (Lipinski definition) is 4. The van der Waals surface area contributed by atoms with Gasteiger partial charge in [-0.15, -0.1) is 0 Å². The van der Waals surface area contributed by atoms with E-state index in [1.165, 1.54) is 29.2 Å². The van der Waals surface area contributed by atoms with E-state index in [1.807, 2.05) is 19.1 Å². The molecule has 38 heavy (non-hydrogen) atoms. The average molecular weight is 518 g/mol. The zero-order valence-electron chi connectivity index (χ0n) is 21.8. The molecular weight excluding hydrogens is 481 g/mol. The van der Waals surface area contributed by atoms with Gasteiger partial charge in [-0.1, -0.05) is 6.07 Å². The van der Waals surface area contributed by atoms with Gasteiger partial charge in [-0.3, -0.25) is 9.59 Å². The molecule has 0 bridgehead atoms. The van der Waals surface area contributed by atoms with Crippen molar-refractivity contribution in [1.82, 2.24) is 20.2 Å². The van der Waals surface area contributed by atoms with Gasteiger partial charge in [0.1, 0.15) is 11.5 Å². The molecule has 200 valence electrons. The van der Waals surface area contributed by atoms with E-state index < -0.39 is 6.04 Å². The summed E-state index contributed by atoms with van der Waals surface area (Å²) in [6, 6.07) is 8.67. The van der Waals surface area contributed by atoms with Gasteiger partial charge in [-0.05, 0) is 104 Å². The van der Waals surface area contributed by atoms with Crippen LogP contribution in [0.2, 0.25) is 0 Å². The first-order valence-electron chi connectivity index (χ1n) is 13.6. The Labute approximate surface area is 222 Å². The molecule has 3 heterocycles. The van der Waals surface area contributed by atoms with Crippen LogP contribution in [0.1, 0.15) is 61.1 Å². The van der Waals surface area contributed by atoms with Crippen LogP contribution >= 0.6 is 0 Å². The molecule has 7 nitrogen and oxygen atoms in total. The minimum atomic E-state index is -0.392. The molecule has 1 aromatic carbocycles. The fourth-order valence-corrected chi connectivity index (χ4v) is 6.18. The first kappa shape index (κ1) is 26.1. The number of carbonyl (C=O) groups is 2. The van der Waals surface area contributed by atoms with Crippen LogP contribution in [0.5, 0.6) is 0 Å². The summed E-state index contributed by atoms with van der Waals surface area (Å²) in [5, 5.41) is 4.78. The van der Waals surface area contributed by atoms with E-state index in [0.29, 0.717) is 24.6 Å². The molecule has 2 aromatic heterocycles. The van der Waals surface area contributed by atoms with Gasteiger partial charge in [0.2, 0.25) is 11.8 Å². The minimum absolute atomic E-state index is 0.0975. The van der Waals surface area contributed by atoms with E-state index >= 15 is 0 Å². The molecule has 2 aliphatic rings. The molecule has 1 aliphatic heterocycles. The number of likely N-dealkylation sites (tertiary alicyclic amines) is 1. The van der Waals surface area contributed by atoms with Gasteiger partial charge in [0.25, 0.3) is 0 Å². The molecule has 3 aromatic rings. The molecular formula is C30H36FN5O2. The van der Waals surface area contributed by atoms with Crippen LogP contribution in [0.25, 0.3) is 17.1 Å². The van der Waals surface area contributed by atoms with Crippen LogP contribution in [0.3, 0.4) is 0 Å². The number of nitrogens with one attached hydrogen (secondary N) is 2. The topological polar surface area (TPSA) is 104 Å². The van der Waals surface area contributed by atoms with Crippen molar-refractivity contribution in [3.8, 4) is 0 Å². The maximum absolute atomic E-state index is 13.6. The number of H-pyrrole nitrogens is 1. The number of piperidine rings is 1. The first-order valence-corrected chi connectivity index (χ1v) is 13.6. The summed E-state index contributed by atoms with van der Waals surface area (Å²) in [7, 11) is 0. The normalized spacial score (nSPS) is 21.7. The van der Waals surface area contributed by atoms with Gasteiger partial charge in [-0.25, -0.2) is 9.37 Å². The lowest BCUT2D eigenvalue weighted by Crippen LogP contribution is -2.54. The van der Waals surface area contributed by atoms with Gasteiger partial charge in [-0.2, -0.15) is 0 Å². The smallest absolute Gasteiger partial charge is 0.246 e. The highest BCUT2D eigenvalue weighted by Crippen LogP contribution is 2.36. The second-order valence-electron chi connectivity index (χ2n) is 10.8. The molecule has 0 radical (unpaired) electrons. The zero-order valence-corrected chi connectivity index (χ0v) is 21.8. The maximum atomic E-state index is 13.6. The van der Waals surface area contributed by atoms with Crippen LogP contribution < -0.4 is 11.1 Å². The van der Waals surface area contributed by atoms with Crippen molar-refractivity contribution in [3.05, 3.63) is 71.3 Å². The van der Waals surface area contributed by atoms with Crippen molar-refractivity contribution in [1.29, 1.82) is 0 Å². The largest absolute Gasteiger partial charge is 0.368 e. The number of primary amides is 1. The van der Waals surface area contributed by atoms with Crippen molar-refractivity contribution in [2.45, 2.75) is 63.5 Å². The molecule has 1 saturated carbocycles. The number of pyridine rings is 1. The molecule has 1 unspecified atom stereocenters. The van der Waals surface area contributed by atoms with Gasteiger partial charge < -0.3 is 20.9 Å². The Morgan fingerprint density at radius 3 is 2.63 bits per heavy atom. The number of rotatable bonds is 7. The number of nitrogens with zero attached hydrogens (tertiary/aromatic N) is 2. The van der Waals surface area contributed by atoms with Crippen molar-refractivity contribution >= 4 is 28.9 Å². The Hall–Kier alpha value is -3.52. The summed E-state index contributed by atoms with van der Waals surface area (Å²) in [5.41, 5.74) is 9.59. The quantitative estimate of drug-likeness (QED) is 0.403. The Balaban J connectivity index is 1.12. The first-order chi connectivity index (χ1) is 18.4. The number of halogens is 1. The highest BCUT2D eigenvalue weighted by molar-refractivity contribution is 5.92. The van der Waals surface area contributed by atoms with E-state index in [1.54, 1.807) is 17.2 Å². The lowest BCUT2D eigenvalue weighted by Gasteiger charge is -2.38. The number of carbonyl (C=O) groups excluding carboxylic acids is 2. The SMILES string of the molecule is Cc1cc(F)cc(/C=C/C(=O)N2CCC(C(NC3CCC(c4c[nH]c5ncccc45)CC3)C(N)=O)CC2)c1. The molecule has 5 rings (SSSR count). The maximum Gasteiger partial charge on any atom is 0.246 e. The predicted molar refractivity (Wildman–Crippen MR) is 147 cm³/mol. The van der Waals surface area contributed by atoms with E-state index in [0.717, 1.165) is 49.7 Å². The monoisotopic (exact) mass is 517 g/mol. The highest BCUT2D eigenvalue weighted by Gasteiger charge is 2.34. The van der Waals surface area contributed by atoms with Crippen molar-refractivity contribution in [2.24, 2.45) is 11.7 Å². The summed E-state index contributed by atoms with van der Waals surface area (Å²) in [5.74, 6) is -0.146. The molecule has 4 N–H and O–H groups in total. The zero-order chi connectivity index (χ0) is 26.6. The number of aromatic nitrogens is 2. The van der Waals surface area contributed by atoms with E-state index in [2.05, 4.69) is 27.5 Å². The van der Waals surface area contributed by atoms with Crippen molar-refractivity contribution < 1.29 is 14.0 Å². The number of hydrogen-bond donors (Lipinski definition) is 3.